The lowest BCUT2D eigenvalue weighted by atomic mass is 10.1. The number of esters is 4. The third-order valence-corrected chi connectivity index (χ3v) is 11.0. The van der Waals surface area contributed by atoms with E-state index in [1.54, 1.807) is 60.7 Å². The topological polar surface area (TPSA) is 124 Å². The minimum absolute atomic E-state index is 0.205. The molecule has 0 N–H and O–H groups in total. The molecule has 0 unspecified atom stereocenters. The Kier molecular flexibility index (Phi) is 26.6. The number of carbonyl (C=O) groups is 4. The fourth-order valence-electron chi connectivity index (χ4n) is 7.03. The van der Waals surface area contributed by atoms with Crippen LogP contribution in [0.1, 0.15) is 168 Å². The van der Waals surface area contributed by atoms with Gasteiger partial charge in [0.05, 0.1) is 37.6 Å². The van der Waals surface area contributed by atoms with E-state index in [1.165, 1.54) is 102 Å². The van der Waals surface area contributed by atoms with Crippen LogP contribution in [0.4, 0.5) is 0 Å². The van der Waals surface area contributed by atoms with Crippen molar-refractivity contribution in [1.82, 2.24) is 0 Å². The fourth-order valence-corrected chi connectivity index (χ4v) is 7.03. The van der Waals surface area contributed by atoms with Crippen LogP contribution in [0.25, 0.3) is 12.2 Å². The van der Waals surface area contributed by atoms with Crippen LogP contribution in [0.2, 0.25) is 0 Å². The second kappa shape index (κ2) is 33.3. The highest BCUT2D eigenvalue weighted by Gasteiger charge is 2.11. The normalized spacial score (nSPS) is 11.1. The van der Waals surface area contributed by atoms with Crippen LogP contribution in [0.15, 0.2) is 109 Å². The van der Waals surface area contributed by atoms with E-state index in [4.69, 9.17) is 28.4 Å². The lowest BCUT2D eigenvalue weighted by Crippen LogP contribution is -2.09. The van der Waals surface area contributed by atoms with Crippen molar-refractivity contribution in [2.24, 2.45) is 0 Å². The summed E-state index contributed by atoms with van der Waals surface area (Å²) in [7, 11) is 0. The minimum Gasteiger partial charge on any atom is -0.494 e. The summed E-state index contributed by atoms with van der Waals surface area (Å²) in [6.07, 6.45) is 28.0. The quantitative estimate of drug-likeness (QED) is 0.0194. The second-order valence-corrected chi connectivity index (χ2v) is 16.7. The number of rotatable bonds is 34. The Morgan fingerprint density at radius 2 is 0.657 bits per heavy atom. The maximum atomic E-state index is 12.5. The molecule has 10 heteroatoms. The summed E-state index contributed by atoms with van der Waals surface area (Å²) >= 11 is 0. The van der Waals surface area contributed by atoms with E-state index in [1.807, 2.05) is 48.5 Å². The molecule has 0 amide bonds. The molecule has 0 atom stereocenters. The highest BCUT2D eigenvalue weighted by molar-refractivity contribution is 5.91. The summed E-state index contributed by atoms with van der Waals surface area (Å²) in [5.41, 5.74) is 2.36. The first-order chi connectivity index (χ1) is 32.8. The van der Waals surface area contributed by atoms with E-state index in [0.29, 0.717) is 55.1 Å². The molecule has 0 fully saturated rings. The molecular formula is C57H72O10. The zero-order valence-corrected chi connectivity index (χ0v) is 39.9. The van der Waals surface area contributed by atoms with E-state index in [-0.39, 0.29) is 13.2 Å². The third kappa shape index (κ3) is 23.7. The molecule has 0 aliphatic rings. The number of carbonyl (C=O) groups excluding carboxylic acids is 4. The number of ether oxygens (including phenoxy) is 6. The molecule has 67 heavy (non-hydrogen) atoms. The van der Waals surface area contributed by atoms with Crippen LogP contribution >= 0.6 is 0 Å². The van der Waals surface area contributed by atoms with Gasteiger partial charge in [-0.25, -0.2) is 19.2 Å². The fraction of sp³-hybridized carbons (Fsp3) is 0.439. The van der Waals surface area contributed by atoms with Crippen LogP contribution in [-0.2, 0) is 19.1 Å². The molecule has 0 heterocycles. The van der Waals surface area contributed by atoms with Gasteiger partial charge >= 0.3 is 23.9 Å². The maximum absolute atomic E-state index is 12.5. The number of hydrogen-bond acceptors (Lipinski definition) is 10. The van der Waals surface area contributed by atoms with Gasteiger partial charge in [0, 0.05) is 12.2 Å². The largest absolute Gasteiger partial charge is 0.494 e. The number of unbranched alkanes of at least 4 members (excludes halogenated alkanes) is 16. The summed E-state index contributed by atoms with van der Waals surface area (Å²) < 4.78 is 33.3. The van der Waals surface area contributed by atoms with Gasteiger partial charge in [0.1, 0.15) is 23.0 Å². The highest BCUT2D eigenvalue weighted by Crippen LogP contribution is 2.19. The van der Waals surface area contributed by atoms with Gasteiger partial charge in [-0.1, -0.05) is 128 Å². The molecule has 4 rings (SSSR count). The summed E-state index contributed by atoms with van der Waals surface area (Å²) in [4.78, 5) is 49.9. The minimum atomic E-state index is -0.538. The van der Waals surface area contributed by atoms with Crippen molar-refractivity contribution in [2.45, 2.75) is 136 Å². The monoisotopic (exact) mass is 917 g/mol. The molecule has 0 aliphatic carbocycles. The molecule has 0 aromatic heterocycles. The lowest BCUT2D eigenvalue weighted by Gasteiger charge is -2.07. The Balaban J connectivity index is 1.01. The Morgan fingerprint density at radius 1 is 0.358 bits per heavy atom. The predicted molar refractivity (Wildman–Crippen MR) is 266 cm³/mol. The van der Waals surface area contributed by atoms with E-state index >= 15 is 0 Å². The van der Waals surface area contributed by atoms with Crippen LogP contribution < -0.4 is 18.9 Å². The van der Waals surface area contributed by atoms with Gasteiger partial charge in [-0.2, -0.15) is 0 Å². The molecule has 10 nitrogen and oxygen atoms in total. The van der Waals surface area contributed by atoms with Crippen LogP contribution in [0, 0.1) is 0 Å². The summed E-state index contributed by atoms with van der Waals surface area (Å²) in [5, 5.41) is 0. The van der Waals surface area contributed by atoms with Gasteiger partial charge in [-0.3, -0.25) is 0 Å². The number of benzene rings is 4. The highest BCUT2D eigenvalue weighted by atomic mass is 16.5. The van der Waals surface area contributed by atoms with Crippen LogP contribution in [0.5, 0.6) is 23.0 Å². The van der Waals surface area contributed by atoms with E-state index in [2.05, 4.69) is 13.8 Å². The second-order valence-electron chi connectivity index (χ2n) is 16.7. The standard InChI is InChI=1S/C57H72O10/c1-3-5-7-9-11-13-15-18-42-62-50-32-22-46(23-33-50)26-40-54(58)66-52-36-28-48(29-37-52)56(60)64-44-20-17-21-45-65-57(61)49-30-38-53(39-31-49)67-55(59)41-27-47-24-34-51(35-25-47)63-43-19-16-14-12-10-8-6-4-2/h22-41H,3-21,42-45H2,1-2H3/b40-26+,41-27+. The molecular weight excluding hydrogens is 845 g/mol. The van der Waals surface area contributed by atoms with Gasteiger partial charge in [0.15, 0.2) is 0 Å². The molecule has 0 saturated heterocycles. The van der Waals surface area contributed by atoms with Crippen molar-refractivity contribution >= 4 is 36.0 Å². The van der Waals surface area contributed by atoms with Gasteiger partial charge in [0.2, 0.25) is 0 Å². The van der Waals surface area contributed by atoms with Crippen molar-refractivity contribution in [2.75, 3.05) is 26.4 Å². The molecule has 0 radical (unpaired) electrons. The zero-order chi connectivity index (χ0) is 47.6. The zero-order valence-electron chi connectivity index (χ0n) is 39.9. The third-order valence-electron chi connectivity index (χ3n) is 11.0. The maximum Gasteiger partial charge on any atom is 0.338 e. The lowest BCUT2D eigenvalue weighted by molar-refractivity contribution is -0.129. The smallest absolute Gasteiger partial charge is 0.338 e. The summed E-state index contributed by atoms with van der Waals surface area (Å²) in [6.45, 7) is 6.28. The Labute approximate surface area is 399 Å². The Bertz CT molecular complexity index is 1900. The molecule has 0 saturated carbocycles. The van der Waals surface area contributed by atoms with Gasteiger partial charge in [0.25, 0.3) is 0 Å². The summed E-state index contributed by atoms with van der Waals surface area (Å²) in [6, 6.07) is 27.5. The van der Waals surface area contributed by atoms with Gasteiger partial charge < -0.3 is 28.4 Å². The van der Waals surface area contributed by atoms with E-state index in [9.17, 15) is 19.2 Å². The number of hydrogen-bond donors (Lipinski definition) is 0. The van der Waals surface area contributed by atoms with Gasteiger partial charge in [-0.05, 0) is 128 Å². The van der Waals surface area contributed by atoms with E-state index < -0.39 is 23.9 Å². The Morgan fingerprint density at radius 3 is 1.01 bits per heavy atom. The van der Waals surface area contributed by atoms with Crippen LogP contribution in [-0.4, -0.2) is 50.3 Å². The van der Waals surface area contributed by atoms with Gasteiger partial charge in [-0.15, -0.1) is 0 Å². The first-order valence-corrected chi connectivity index (χ1v) is 24.6. The first kappa shape index (κ1) is 53.5. The van der Waals surface area contributed by atoms with Crippen molar-refractivity contribution in [1.29, 1.82) is 0 Å². The molecule has 4 aromatic rings. The van der Waals surface area contributed by atoms with Crippen LogP contribution in [0.3, 0.4) is 0 Å². The summed E-state index contributed by atoms with van der Waals surface area (Å²) in [5.74, 6) is 0.175. The SMILES string of the molecule is CCCCCCCCCCOc1ccc(/C=C/C(=O)Oc2ccc(C(=O)OCCCCCOC(=O)c3ccc(OC(=O)/C=C/c4ccc(OCCCCCCCCCC)cc4)cc3)cc2)cc1. The predicted octanol–water partition coefficient (Wildman–Crippen LogP) is 14.1. The average molecular weight is 917 g/mol. The van der Waals surface area contributed by atoms with Crippen molar-refractivity contribution in [3.8, 4) is 23.0 Å². The average Bonchev–Trinajstić information content (AvgIpc) is 3.34. The van der Waals surface area contributed by atoms with E-state index in [0.717, 1.165) is 35.5 Å². The van der Waals surface area contributed by atoms with Crippen molar-refractivity contribution < 1.29 is 47.6 Å². The Hall–Kier alpha value is -6.16. The molecule has 4 aromatic carbocycles. The first-order valence-electron chi connectivity index (χ1n) is 24.6. The van der Waals surface area contributed by atoms with Crippen molar-refractivity contribution in [3.05, 3.63) is 131 Å². The van der Waals surface area contributed by atoms with Crippen molar-refractivity contribution in [3.63, 3.8) is 0 Å². The molecule has 0 spiro atoms. The molecule has 360 valence electrons. The molecule has 0 aliphatic heterocycles. The molecule has 0 bridgehead atoms.